The molecule has 0 spiro atoms. The molecule has 0 unspecified atom stereocenters. The highest BCUT2D eigenvalue weighted by molar-refractivity contribution is 5.98. The van der Waals surface area contributed by atoms with Gasteiger partial charge in [0, 0.05) is 18.7 Å². The Hall–Kier alpha value is -3.60. The first kappa shape index (κ1) is 22.2. The highest BCUT2D eigenvalue weighted by Gasteiger charge is 2.27. The Morgan fingerprint density at radius 2 is 1.71 bits per heavy atom. The van der Waals surface area contributed by atoms with Crippen LogP contribution >= 0.6 is 0 Å². The fourth-order valence-electron chi connectivity index (χ4n) is 4.94. The Balaban J connectivity index is 1.25. The SMILES string of the molecule is Cc1ccc2c(c1)N(Cc1cccc(C(=O)N3CCC(Cc4ccccc4)CC3)c1)C(=O)CO2. The standard InChI is InChI=1S/C29H30N2O3/c1-21-10-11-27-26(16-21)31(28(32)20-34-27)19-24-8-5-9-25(18-24)29(33)30-14-12-23(13-15-30)17-22-6-3-2-4-7-22/h2-11,16,18,23H,12-15,17,19-20H2,1H3. The van der Waals surface area contributed by atoms with Crippen molar-refractivity contribution in [3.8, 4) is 5.75 Å². The van der Waals surface area contributed by atoms with Crippen molar-refractivity contribution in [1.29, 1.82) is 0 Å². The van der Waals surface area contributed by atoms with Crippen molar-refractivity contribution in [2.75, 3.05) is 24.6 Å². The molecule has 0 aliphatic carbocycles. The minimum Gasteiger partial charge on any atom is -0.482 e. The molecule has 2 aliphatic rings. The molecule has 0 atom stereocenters. The first-order valence-corrected chi connectivity index (χ1v) is 12.0. The molecule has 5 heteroatoms. The second kappa shape index (κ2) is 9.72. The number of hydrogen-bond acceptors (Lipinski definition) is 3. The van der Waals surface area contributed by atoms with Crippen LogP contribution in [0.3, 0.4) is 0 Å². The molecule has 1 saturated heterocycles. The van der Waals surface area contributed by atoms with E-state index < -0.39 is 0 Å². The van der Waals surface area contributed by atoms with Gasteiger partial charge in [0.1, 0.15) is 5.75 Å². The molecule has 3 aromatic rings. The van der Waals surface area contributed by atoms with E-state index in [-0.39, 0.29) is 18.4 Å². The molecule has 34 heavy (non-hydrogen) atoms. The molecule has 0 aromatic heterocycles. The molecule has 0 bridgehead atoms. The molecule has 3 aromatic carbocycles. The Bertz CT molecular complexity index is 1180. The van der Waals surface area contributed by atoms with E-state index in [1.54, 1.807) is 4.90 Å². The van der Waals surface area contributed by atoms with Gasteiger partial charge in [-0.1, -0.05) is 48.5 Å². The summed E-state index contributed by atoms with van der Waals surface area (Å²) in [5.41, 5.74) is 4.85. The van der Waals surface area contributed by atoms with E-state index in [0.717, 1.165) is 54.9 Å². The summed E-state index contributed by atoms with van der Waals surface area (Å²) in [7, 11) is 0. The molecular weight excluding hydrogens is 424 g/mol. The second-order valence-corrected chi connectivity index (χ2v) is 9.37. The summed E-state index contributed by atoms with van der Waals surface area (Å²) >= 11 is 0. The number of nitrogens with zero attached hydrogens (tertiary/aromatic N) is 2. The van der Waals surface area contributed by atoms with E-state index >= 15 is 0 Å². The van der Waals surface area contributed by atoms with E-state index in [4.69, 9.17) is 4.74 Å². The molecule has 5 rings (SSSR count). The lowest BCUT2D eigenvalue weighted by atomic mass is 9.90. The van der Waals surface area contributed by atoms with Gasteiger partial charge >= 0.3 is 0 Å². The fraction of sp³-hybridized carbons (Fsp3) is 0.310. The van der Waals surface area contributed by atoms with Crippen molar-refractivity contribution in [3.05, 3.63) is 95.1 Å². The minimum absolute atomic E-state index is 0.0343. The first-order chi connectivity index (χ1) is 16.6. The molecule has 0 N–H and O–H groups in total. The van der Waals surface area contributed by atoms with Gasteiger partial charge in [0.05, 0.1) is 12.2 Å². The van der Waals surface area contributed by atoms with Crippen LogP contribution in [0.5, 0.6) is 5.75 Å². The van der Waals surface area contributed by atoms with Gasteiger partial charge < -0.3 is 14.5 Å². The summed E-state index contributed by atoms with van der Waals surface area (Å²) in [6.07, 6.45) is 3.13. The number of likely N-dealkylation sites (tertiary alicyclic amines) is 1. The fourth-order valence-corrected chi connectivity index (χ4v) is 4.94. The monoisotopic (exact) mass is 454 g/mol. The summed E-state index contributed by atoms with van der Waals surface area (Å²) in [5, 5.41) is 0. The predicted octanol–water partition coefficient (Wildman–Crippen LogP) is 5.02. The zero-order valence-electron chi connectivity index (χ0n) is 19.6. The van der Waals surface area contributed by atoms with E-state index in [0.29, 0.717) is 18.0 Å². The number of anilines is 1. The Morgan fingerprint density at radius 1 is 0.941 bits per heavy atom. The maximum absolute atomic E-state index is 13.2. The number of ether oxygens (including phenoxy) is 1. The summed E-state index contributed by atoms with van der Waals surface area (Å²) in [4.78, 5) is 29.6. The predicted molar refractivity (Wildman–Crippen MR) is 133 cm³/mol. The third-order valence-electron chi connectivity index (χ3n) is 6.84. The number of amides is 2. The number of hydrogen-bond donors (Lipinski definition) is 0. The molecule has 2 heterocycles. The van der Waals surface area contributed by atoms with Crippen LogP contribution in [0.25, 0.3) is 0 Å². The Morgan fingerprint density at radius 3 is 2.50 bits per heavy atom. The molecule has 2 amide bonds. The van der Waals surface area contributed by atoms with Crippen LogP contribution < -0.4 is 9.64 Å². The second-order valence-electron chi connectivity index (χ2n) is 9.37. The molecule has 0 saturated carbocycles. The lowest BCUT2D eigenvalue weighted by Gasteiger charge is -2.32. The van der Waals surface area contributed by atoms with Gasteiger partial charge in [0.15, 0.2) is 6.61 Å². The number of aryl methyl sites for hydroxylation is 1. The molecular formula is C29H30N2O3. The lowest BCUT2D eigenvalue weighted by molar-refractivity contribution is -0.121. The summed E-state index contributed by atoms with van der Waals surface area (Å²) < 4.78 is 5.59. The largest absolute Gasteiger partial charge is 0.482 e. The number of benzene rings is 3. The van der Waals surface area contributed by atoms with Gasteiger partial charge in [0.2, 0.25) is 0 Å². The van der Waals surface area contributed by atoms with Gasteiger partial charge in [-0.25, -0.2) is 0 Å². The van der Waals surface area contributed by atoms with Crippen molar-refractivity contribution in [1.82, 2.24) is 4.90 Å². The highest BCUT2D eigenvalue weighted by Crippen LogP contribution is 2.34. The number of carbonyl (C=O) groups excluding carboxylic acids is 2. The van der Waals surface area contributed by atoms with E-state index in [9.17, 15) is 9.59 Å². The van der Waals surface area contributed by atoms with Crippen LogP contribution in [0.15, 0.2) is 72.8 Å². The average molecular weight is 455 g/mol. The number of carbonyl (C=O) groups is 2. The lowest BCUT2D eigenvalue weighted by Crippen LogP contribution is -2.39. The molecule has 5 nitrogen and oxygen atoms in total. The molecule has 174 valence electrons. The zero-order chi connectivity index (χ0) is 23.5. The van der Waals surface area contributed by atoms with Crippen LogP contribution in [0.1, 0.15) is 39.9 Å². The van der Waals surface area contributed by atoms with Crippen LogP contribution in [0.4, 0.5) is 5.69 Å². The first-order valence-electron chi connectivity index (χ1n) is 12.0. The molecule has 1 fully saturated rings. The topological polar surface area (TPSA) is 49.9 Å². The number of rotatable bonds is 5. The number of fused-ring (bicyclic) bond motifs is 1. The van der Waals surface area contributed by atoms with Gasteiger partial charge in [-0.2, -0.15) is 0 Å². The average Bonchev–Trinajstić information content (AvgIpc) is 2.87. The van der Waals surface area contributed by atoms with Crippen molar-refractivity contribution >= 4 is 17.5 Å². The third-order valence-corrected chi connectivity index (χ3v) is 6.84. The van der Waals surface area contributed by atoms with Crippen LogP contribution in [-0.4, -0.2) is 36.4 Å². The highest BCUT2D eigenvalue weighted by atomic mass is 16.5. The van der Waals surface area contributed by atoms with Crippen LogP contribution in [0.2, 0.25) is 0 Å². The van der Waals surface area contributed by atoms with E-state index in [1.165, 1.54) is 5.56 Å². The summed E-state index contributed by atoms with van der Waals surface area (Å²) in [5.74, 6) is 1.34. The molecule has 0 radical (unpaired) electrons. The zero-order valence-corrected chi connectivity index (χ0v) is 19.6. The van der Waals surface area contributed by atoms with Crippen molar-refractivity contribution in [2.24, 2.45) is 5.92 Å². The quantitative estimate of drug-likeness (QED) is 0.544. The smallest absolute Gasteiger partial charge is 0.265 e. The normalized spacial score (nSPS) is 16.2. The van der Waals surface area contributed by atoms with Gasteiger partial charge in [-0.15, -0.1) is 0 Å². The van der Waals surface area contributed by atoms with Crippen molar-refractivity contribution in [2.45, 2.75) is 32.7 Å². The summed E-state index contributed by atoms with van der Waals surface area (Å²) in [6, 6.07) is 24.1. The van der Waals surface area contributed by atoms with E-state index in [2.05, 4.69) is 24.3 Å². The van der Waals surface area contributed by atoms with Crippen molar-refractivity contribution in [3.63, 3.8) is 0 Å². The van der Waals surface area contributed by atoms with Crippen molar-refractivity contribution < 1.29 is 14.3 Å². The van der Waals surface area contributed by atoms with Gasteiger partial charge in [-0.05, 0) is 73.1 Å². The molecule has 2 aliphatic heterocycles. The third kappa shape index (κ3) is 4.84. The Labute approximate surface area is 201 Å². The van der Waals surface area contributed by atoms with E-state index in [1.807, 2.05) is 60.4 Å². The number of piperidine rings is 1. The van der Waals surface area contributed by atoms with Gasteiger partial charge in [0.25, 0.3) is 11.8 Å². The van der Waals surface area contributed by atoms with Gasteiger partial charge in [-0.3, -0.25) is 9.59 Å². The summed E-state index contributed by atoms with van der Waals surface area (Å²) in [6.45, 7) is 4.02. The Kier molecular flexibility index (Phi) is 6.35. The maximum Gasteiger partial charge on any atom is 0.265 e. The van der Waals surface area contributed by atoms with Crippen LogP contribution in [0, 0.1) is 12.8 Å². The maximum atomic E-state index is 13.2. The van der Waals surface area contributed by atoms with Crippen LogP contribution in [-0.2, 0) is 17.8 Å². The minimum atomic E-state index is -0.0738.